The average molecular weight is 300 g/mol. The second kappa shape index (κ2) is 5.94. The highest BCUT2D eigenvalue weighted by Crippen LogP contribution is 2.14. The zero-order chi connectivity index (χ0) is 14.8. The van der Waals surface area contributed by atoms with Gasteiger partial charge in [-0.1, -0.05) is 0 Å². The molecule has 1 unspecified atom stereocenters. The number of nitrogens with one attached hydrogen (secondary N) is 2. The first kappa shape index (κ1) is 15.0. The number of rotatable bonds is 6. The number of nitrogens with zero attached hydrogens (tertiary/aromatic N) is 1. The molecular formula is C12H20N4O3S. The molecule has 8 heteroatoms. The van der Waals surface area contributed by atoms with E-state index in [4.69, 9.17) is 5.73 Å². The molecule has 1 aliphatic rings. The molecule has 2 heterocycles. The van der Waals surface area contributed by atoms with Crippen molar-refractivity contribution < 1.29 is 13.2 Å². The van der Waals surface area contributed by atoms with Gasteiger partial charge in [0, 0.05) is 19.8 Å². The molecular weight excluding hydrogens is 280 g/mol. The van der Waals surface area contributed by atoms with Gasteiger partial charge in [-0.15, -0.1) is 0 Å². The van der Waals surface area contributed by atoms with Crippen LogP contribution < -0.4 is 15.8 Å². The number of aromatic nitrogens is 1. The monoisotopic (exact) mass is 300 g/mol. The molecule has 1 atom stereocenters. The minimum Gasteiger partial charge on any atom is -0.364 e. The smallest absolute Gasteiger partial charge is 0.265 e. The fourth-order valence-electron chi connectivity index (χ4n) is 2.37. The lowest BCUT2D eigenvalue weighted by molar-refractivity contribution is 0.0992. The van der Waals surface area contributed by atoms with Crippen molar-refractivity contribution in [2.75, 3.05) is 19.6 Å². The first-order valence-electron chi connectivity index (χ1n) is 6.56. The van der Waals surface area contributed by atoms with Crippen LogP contribution >= 0.6 is 0 Å². The normalized spacial score (nSPS) is 19.4. The van der Waals surface area contributed by atoms with E-state index in [0.717, 1.165) is 25.9 Å². The maximum Gasteiger partial charge on any atom is 0.265 e. The van der Waals surface area contributed by atoms with Gasteiger partial charge in [-0.25, -0.2) is 13.1 Å². The molecule has 4 N–H and O–H groups in total. The third-order valence-electron chi connectivity index (χ3n) is 3.55. The Hall–Kier alpha value is -1.38. The zero-order valence-electron chi connectivity index (χ0n) is 11.4. The second-order valence-electron chi connectivity index (χ2n) is 5.08. The van der Waals surface area contributed by atoms with Crippen molar-refractivity contribution in [1.29, 1.82) is 0 Å². The van der Waals surface area contributed by atoms with Gasteiger partial charge < -0.3 is 15.6 Å². The molecule has 7 nitrogen and oxygen atoms in total. The fourth-order valence-corrected chi connectivity index (χ4v) is 3.48. The van der Waals surface area contributed by atoms with Crippen LogP contribution in [0.25, 0.3) is 0 Å². The zero-order valence-corrected chi connectivity index (χ0v) is 12.2. The van der Waals surface area contributed by atoms with Crippen LogP contribution in [0.3, 0.4) is 0 Å². The quantitative estimate of drug-likeness (QED) is 0.652. The third kappa shape index (κ3) is 3.38. The first-order valence-corrected chi connectivity index (χ1v) is 8.05. The maximum absolute atomic E-state index is 12.1. The molecule has 20 heavy (non-hydrogen) atoms. The Morgan fingerprint density at radius 1 is 1.60 bits per heavy atom. The standard InChI is InChI=1S/C12H20N4O3S/c1-16-8-10(6-11(16)12(13)17)20(18,19)15-5-3-9-2-4-14-7-9/h6,8-9,14-15H,2-5,7H2,1H3,(H2,13,17). The van der Waals surface area contributed by atoms with Crippen LogP contribution in [0.5, 0.6) is 0 Å². The van der Waals surface area contributed by atoms with E-state index in [1.165, 1.54) is 16.8 Å². The predicted molar refractivity (Wildman–Crippen MR) is 74.7 cm³/mol. The topological polar surface area (TPSA) is 106 Å². The summed E-state index contributed by atoms with van der Waals surface area (Å²) in [7, 11) is -2.00. The Kier molecular flexibility index (Phi) is 4.46. The van der Waals surface area contributed by atoms with Gasteiger partial charge in [0.25, 0.3) is 5.91 Å². The molecule has 1 fully saturated rings. The lowest BCUT2D eigenvalue weighted by Gasteiger charge is -2.09. The lowest BCUT2D eigenvalue weighted by Crippen LogP contribution is -2.26. The average Bonchev–Trinajstić information content (AvgIpc) is 2.98. The third-order valence-corrected chi connectivity index (χ3v) is 4.98. The Morgan fingerprint density at radius 3 is 2.90 bits per heavy atom. The molecule has 112 valence electrons. The van der Waals surface area contributed by atoms with Gasteiger partial charge in [-0.2, -0.15) is 0 Å². The molecule has 0 spiro atoms. The molecule has 0 radical (unpaired) electrons. The van der Waals surface area contributed by atoms with Crippen molar-refractivity contribution in [2.24, 2.45) is 18.7 Å². The summed E-state index contributed by atoms with van der Waals surface area (Å²) in [5.41, 5.74) is 5.34. The van der Waals surface area contributed by atoms with Crippen LogP contribution in [0, 0.1) is 5.92 Å². The molecule has 0 saturated carbocycles. The Labute approximate surface area is 118 Å². The number of carbonyl (C=O) groups is 1. The summed E-state index contributed by atoms with van der Waals surface area (Å²) < 4.78 is 28.2. The number of carbonyl (C=O) groups excluding carboxylic acids is 1. The number of hydrogen-bond acceptors (Lipinski definition) is 4. The van der Waals surface area contributed by atoms with Crippen molar-refractivity contribution in [3.8, 4) is 0 Å². The van der Waals surface area contributed by atoms with Crippen LogP contribution in [0.2, 0.25) is 0 Å². The number of sulfonamides is 1. The van der Waals surface area contributed by atoms with E-state index >= 15 is 0 Å². The van der Waals surface area contributed by atoms with Crippen molar-refractivity contribution in [2.45, 2.75) is 17.7 Å². The highest BCUT2D eigenvalue weighted by Gasteiger charge is 2.20. The van der Waals surface area contributed by atoms with E-state index in [0.29, 0.717) is 12.5 Å². The Morgan fingerprint density at radius 2 is 2.35 bits per heavy atom. The van der Waals surface area contributed by atoms with E-state index in [-0.39, 0.29) is 10.6 Å². The SMILES string of the molecule is Cn1cc(S(=O)(=O)NCCC2CCNC2)cc1C(N)=O. The molecule has 0 aliphatic carbocycles. The lowest BCUT2D eigenvalue weighted by atomic mass is 10.1. The summed E-state index contributed by atoms with van der Waals surface area (Å²) in [6, 6.07) is 1.29. The molecule has 2 rings (SSSR count). The maximum atomic E-state index is 12.1. The second-order valence-corrected chi connectivity index (χ2v) is 6.85. The van der Waals surface area contributed by atoms with Crippen LogP contribution in [0.1, 0.15) is 23.3 Å². The van der Waals surface area contributed by atoms with E-state index in [1.54, 1.807) is 7.05 Å². The number of primary amides is 1. The molecule has 1 amide bonds. The minimum atomic E-state index is -3.59. The number of hydrogen-bond donors (Lipinski definition) is 3. The van der Waals surface area contributed by atoms with Gasteiger partial charge >= 0.3 is 0 Å². The number of aryl methyl sites for hydroxylation is 1. The fraction of sp³-hybridized carbons (Fsp3) is 0.583. The summed E-state index contributed by atoms with van der Waals surface area (Å²) in [4.78, 5) is 11.2. The summed E-state index contributed by atoms with van der Waals surface area (Å²) in [6.07, 6.45) is 3.28. The van der Waals surface area contributed by atoms with Gasteiger partial charge in [0.1, 0.15) is 10.6 Å². The molecule has 0 aromatic carbocycles. The first-order chi connectivity index (χ1) is 9.40. The molecule has 1 aliphatic heterocycles. The van der Waals surface area contributed by atoms with E-state index in [2.05, 4.69) is 10.0 Å². The highest BCUT2D eigenvalue weighted by molar-refractivity contribution is 7.89. The van der Waals surface area contributed by atoms with Gasteiger partial charge in [-0.05, 0) is 37.9 Å². The van der Waals surface area contributed by atoms with Gasteiger partial charge in [0.2, 0.25) is 10.0 Å². The predicted octanol–water partition coefficient (Wildman–Crippen LogP) is -0.598. The molecule has 1 aromatic rings. The van der Waals surface area contributed by atoms with E-state index < -0.39 is 15.9 Å². The van der Waals surface area contributed by atoms with Crippen LogP contribution in [0.4, 0.5) is 0 Å². The van der Waals surface area contributed by atoms with Crippen LogP contribution in [0.15, 0.2) is 17.2 Å². The number of amides is 1. The molecule has 1 saturated heterocycles. The molecule has 1 aromatic heterocycles. The minimum absolute atomic E-state index is 0.0679. The summed E-state index contributed by atoms with van der Waals surface area (Å²) in [6.45, 7) is 2.34. The van der Waals surface area contributed by atoms with Crippen molar-refractivity contribution >= 4 is 15.9 Å². The largest absolute Gasteiger partial charge is 0.364 e. The van der Waals surface area contributed by atoms with E-state index in [1.807, 2.05) is 0 Å². The molecule has 0 bridgehead atoms. The Bertz CT molecular complexity index is 588. The van der Waals surface area contributed by atoms with Crippen molar-refractivity contribution in [3.63, 3.8) is 0 Å². The van der Waals surface area contributed by atoms with Gasteiger partial charge in [-0.3, -0.25) is 4.79 Å². The summed E-state index contributed by atoms with van der Waals surface area (Å²) in [5, 5.41) is 3.24. The summed E-state index contributed by atoms with van der Waals surface area (Å²) in [5.74, 6) is -0.124. The van der Waals surface area contributed by atoms with Crippen LogP contribution in [-0.2, 0) is 17.1 Å². The van der Waals surface area contributed by atoms with Crippen molar-refractivity contribution in [3.05, 3.63) is 18.0 Å². The van der Waals surface area contributed by atoms with Crippen molar-refractivity contribution in [1.82, 2.24) is 14.6 Å². The van der Waals surface area contributed by atoms with Crippen LogP contribution in [-0.4, -0.2) is 38.5 Å². The van der Waals surface area contributed by atoms with Gasteiger partial charge in [0.15, 0.2) is 0 Å². The Balaban J connectivity index is 1.98. The number of nitrogens with two attached hydrogens (primary N) is 1. The summed E-state index contributed by atoms with van der Waals surface area (Å²) >= 11 is 0. The van der Waals surface area contributed by atoms with Gasteiger partial charge in [0.05, 0.1) is 0 Å². The van der Waals surface area contributed by atoms with E-state index in [9.17, 15) is 13.2 Å². The highest BCUT2D eigenvalue weighted by atomic mass is 32.2.